The molecule has 1 amide bonds. The summed E-state index contributed by atoms with van der Waals surface area (Å²) in [6.45, 7) is 4.05. The van der Waals surface area contributed by atoms with E-state index in [1.54, 1.807) is 19.2 Å². The van der Waals surface area contributed by atoms with Gasteiger partial charge in [0.2, 0.25) is 0 Å². The van der Waals surface area contributed by atoms with E-state index in [0.29, 0.717) is 74.1 Å². The molecule has 8 nitrogen and oxygen atoms in total. The smallest absolute Gasteiger partial charge is 0.316 e. The normalized spacial score (nSPS) is 21.1. The maximum absolute atomic E-state index is 13.4. The highest BCUT2D eigenvalue weighted by atomic mass is 35.5. The molecule has 2 fully saturated rings. The van der Waals surface area contributed by atoms with Gasteiger partial charge in [-0.25, -0.2) is 0 Å². The van der Waals surface area contributed by atoms with Crippen LogP contribution >= 0.6 is 11.6 Å². The van der Waals surface area contributed by atoms with Gasteiger partial charge in [0, 0.05) is 37.1 Å². The zero-order chi connectivity index (χ0) is 26.0. The average molecular weight is 527 g/mol. The predicted molar refractivity (Wildman–Crippen MR) is 139 cm³/mol. The van der Waals surface area contributed by atoms with Crippen LogP contribution in [0, 0.1) is 0 Å². The molecule has 0 radical (unpaired) electrons. The van der Waals surface area contributed by atoms with E-state index in [2.05, 4.69) is 10.3 Å². The SMILES string of the molecule is CCOC(=O)C1(c2ccc(C3(NC(=O)c4cc5c(Cl)c(OC)ccc5[nH]4)CCOC3)cc2)CCOCC1. The number of nitrogens with one attached hydrogen (secondary N) is 2. The van der Waals surface area contributed by atoms with Gasteiger partial charge in [-0.15, -0.1) is 0 Å². The summed E-state index contributed by atoms with van der Waals surface area (Å²) in [5.41, 5.74) is 1.55. The number of rotatable bonds is 7. The highest BCUT2D eigenvalue weighted by Gasteiger charge is 2.44. The van der Waals surface area contributed by atoms with Gasteiger partial charge in [0.1, 0.15) is 11.4 Å². The van der Waals surface area contributed by atoms with Gasteiger partial charge in [-0.2, -0.15) is 0 Å². The van der Waals surface area contributed by atoms with Crippen LogP contribution in [0.3, 0.4) is 0 Å². The molecule has 5 rings (SSSR count). The quantitative estimate of drug-likeness (QED) is 0.440. The Bertz CT molecular complexity index is 1290. The van der Waals surface area contributed by atoms with Crippen LogP contribution < -0.4 is 10.1 Å². The van der Waals surface area contributed by atoms with Crippen molar-refractivity contribution in [3.8, 4) is 5.75 Å². The second-order valence-electron chi connectivity index (χ2n) is 9.56. The lowest BCUT2D eigenvalue weighted by Gasteiger charge is -2.36. The minimum atomic E-state index is -0.722. The van der Waals surface area contributed by atoms with Crippen molar-refractivity contribution < 1.29 is 28.5 Å². The van der Waals surface area contributed by atoms with Crippen molar-refractivity contribution in [1.82, 2.24) is 10.3 Å². The number of benzene rings is 2. The van der Waals surface area contributed by atoms with E-state index in [1.165, 1.54) is 0 Å². The van der Waals surface area contributed by atoms with Crippen molar-refractivity contribution in [2.24, 2.45) is 0 Å². The lowest BCUT2D eigenvalue weighted by atomic mass is 9.73. The third kappa shape index (κ3) is 4.58. The summed E-state index contributed by atoms with van der Waals surface area (Å²) in [5.74, 6) is 0.0756. The molecule has 2 N–H and O–H groups in total. The number of ether oxygens (including phenoxy) is 4. The van der Waals surface area contributed by atoms with Crippen LogP contribution in [0.2, 0.25) is 5.02 Å². The van der Waals surface area contributed by atoms with Crippen molar-refractivity contribution in [3.05, 3.63) is 64.3 Å². The van der Waals surface area contributed by atoms with Crippen LogP contribution in [0.15, 0.2) is 42.5 Å². The number of halogens is 1. The molecule has 9 heteroatoms. The zero-order valence-corrected chi connectivity index (χ0v) is 21.8. The summed E-state index contributed by atoms with van der Waals surface area (Å²) in [4.78, 5) is 29.5. The highest BCUT2D eigenvalue weighted by molar-refractivity contribution is 6.37. The first kappa shape index (κ1) is 25.6. The van der Waals surface area contributed by atoms with Gasteiger partial charge in [0.25, 0.3) is 5.91 Å². The molecule has 2 aromatic carbocycles. The van der Waals surface area contributed by atoms with Crippen molar-refractivity contribution in [2.75, 3.05) is 40.1 Å². The minimum absolute atomic E-state index is 0.215. The lowest BCUT2D eigenvalue weighted by molar-refractivity contribution is -0.154. The number of carbonyl (C=O) groups is 2. The molecule has 0 bridgehead atoms. The largest absolute Gasteiger partial charge is 0.495 e. The number of H-pyrrole nitrogens is 1. The summed E-state index contributed by atoms with van der Waals surface area (Å²) in [6, 6.07) is 13.2. The van der Waals surface area contributed by atoms with Crippen LogP contribution in [-0.4, -0.2) is 57.0 Å². The Morgan fingerprint density at radius 3 is 2.38 bits per heavy atom. The standard InChI is InChI=1S/C28H31ClN2O6/c1-3-37-26(33)27(10-13-35-14-11-27)18-4-6-19(7-5-18)28(12-15-36-17-28)31-25(32)22-16-20-21(30-22)8-9-23(34-2)24(20)29/h4-9,16,30H,3,10-15,17H2,1-2H3,(H,31,32). The number of fused-ring (bicyclic) bond motifs is 1. The number of hydrogen-bond donors (Lipinski definition) is 2. The predicted octanol–water partition coefficient (Wildman–Crippen LogP) is 4.49. The van der Waals surface area contributed by atoms with E-state index in [9.17, 15) is 9.59 Å². The molecule has 37 heavy (non-hydrogen) atoms. The monoisotopic (exact) mass is 526 g/mol. The summed E-state index contributed by atoms with van der Waals surface area (Å²) >= 11 is 6.45. The maximum Gasteiger partial charge on any atom is 0.316 e. The summed E-state index contributed by atoms with van der Waals surface area (Å²) < 4.78 is 22.0. The van der Waals surface area contributed by atoms with E-state index in [-0.39, 0.29) is 11.9 Å². The Labute approximate surface area is 220 Å². The first-order valence-electron chi connectivity index (χ1n) is 12.5. The number of amides is 1. The third-order valence-electron chi connectivity index (χ3n) is 7.54. The van der Waals surface area contributed by atoms with Crippen LogP contribution in [0.5, 0.6) is 5.75 Å². The molecular weight excluding hydrogens is 496 g/mol. The molecule has 0 saturated carbocycles. The molecule has 2 aliphatic rings. The fraction of sp³-hybridized carbons (Fsp3) is 0.429. The topological polar surface area (TPSA) is 98.9 Å². The van der Waals surface area contributed by atoms with Crippen molar-refractivity contribution >= 4 is 34.4 Å². The van der Waals surface area contributed by atoms with E-state index >= 15 is 0 Å². The fourth-order valence-corrected chi connectivity index (χ4v) is 5.68. The Kier molecular flexibility index (Phi) is 7.16. The summed E-state index contributed by atoms with van der Waals surface area (Å²) in [6.07, 6.45) is 1.78. The summed E-state index contributed by atoms with van der Waals surface area (Å²) in [5, 5.41) is 4.37. The molecule has 1 atom stereocenters. The minimum Gasteiger partial charge on any atom is -0.495 e. The lowest BCUT2D eigenvalue weighted by Crippen LogP contribution is -2.47. The molecule has 3 aromatic rings. The molecule has 0 aliphatic carbocycles. The van der Waals surface area contributed by atoms with E-state index in [1.807, 2.05) is 37.3 Å². The second kappa shape index (κ2) is 10.4. The number of aromatic nitrogens is 1. The van der Waals surface area contributed by atoms with E-state index < -0.39 is 11.0 Å². The average Bonchev–Trinajstić information content (AvgIpc) is 3.58. The Balaban J connectivity index is 1.43. The molecule has 1 aromatic heterocycles. The van der Waals surface area contributed by atoms with E-state index in [4.69, 9.17) is 30.5 Å². The van der Waals surface area contributed by atoms with Crippen LogP contribution in [0.25, 0.3) is 10.9 Å². The van der Waals surface area contributed by atoms with Crippen molar-refractivity contribution in [2.45, 2.75) is 37.1 Å². The van der Waals surface area contributed by atoms with Gasteiger partial charge in [0.15, 0.2) is 0 Å². The molecule has 2 aliphatic heterocycles. The molecule has 3 heterocycles. The van der Waals surface area contributed by atoms with Gasteiger partial charge in [-0.3, -0.25) is 9.59 Å². The molecular formula is C28H31ClN2O6. The molecule has 2 saturated heterocycles. The first-order valence-corrected chi connectivity index (χ1v) is 12.9. The van der Waals surface area contributed by atoms with Crippen LogP contribution in [0.4, 0.5) is 0 Å². The number of hydrogen-bond acceptors (Lipinski definition) is 6. The third-order valence-corrected chi connectivity index (χ3v) is 7.93. The second-order valence-corrected chi connectivity index (χ2v) is 9.94. The zero-order valence-electron chi connectivity index (χ0n) is 21.0. The first-order chi connectivity index (χ1) is 17.9. The molecule has 0 spiro atoms. The number of carbonyl (C=O) groups excluding carboxylic acids is 2. The maximum atomic E-state index is 13.4. The fourth-order valence-electron chi connectivity index (χ4n) is 5.38. The molecule has 1 unspecified atom stereocenters. The van der Waals surface area contributed by atoms with Gasteiger partial charge in [0.05, 0.1) is 36.3 Å². The van der Waals surface area contributed by atoms with Gasteiger partial charge >= 0.3 is 5.97 Å². The van der Waals surface area contributed by atoms with Crippen molar-refractivity contribution in [1.29, 1.82) is 0 Å². The Morgan fingerprint density at radius 2 is 1.73 bits per heavy atom. The number of aromatic amines is 1. The van der Waals surface area contributed by atoms with Gasteiger partial charge in [-0.1, -0.05) is 35.9 Å². The van der Waals surface area contributed by atoms with Gasteiger partial charge < -0.3 is 29.2 Å². The Morgan fingerprint density at radius 1 is 1.03 bits per heavy atom. The van der Waals surface area contributed by atoms with Crippen LogP contribution in [-0.2, 0) is 30.0 Å². The Hall–Kier alpha value is -3.07. The van der Waals surface area contributed by atoms with Crippen LogP contribution in [0.1, 0.15) is 47.8 Å². The number of methoxy groups -OCH3 is 1. The highest BCUT2D eigenvalue weighted by Crippen LogP contribution is 2.39. The molecule has 196 valence electrons. The van der Waals surface area contributed by atoms with Crippen molar-refractivity contribution in [3.63, 3.8) is 0 Å². The number of esters is 1. The van der Waals surface area contributed by atoms with E-state index in [0.717, 1.165) is 16.6 Å². The summed E-state index contributed by atoms with van der Waals surface area (Å²) in [7, 11) is 1.55. The van der Waals surface area contributed by atoms with Gasteiger partial charge in [-0.05, 0) is 49.1 Å².